The molecule has 0 saturated carbocycles. The van der Waals surface area contributed by atoms with Crippen LogP contribution in [-0.2, 0) is 27.5 Å². The Kier molecular flexibility index (Phi) is 4.31. The van der Waals surface area contributed by atoms with E-state index in [2.05, 4.69) is 0 Å². The molecular formula is C21H19ClFNO4S. The van der Waals surface area contributed by atoms with Crippen molar-refractivity contribution in [1.29, 1.82) is 0 Å². The molecule has 3 aromatic rings. The zero-order valence-electron chi connectivity index (χ0n) is 17.4. The Morgan fingerprint density at radius 3 is 2.66 bits per heavy atom. The Hall–Kier alpha value is -2.38. The highest BCUT2D eigenvalue weighted by molar-refractivity contribution is 7.91. The standard InChI is InChI=1S/C21H19ClFNO4S/c1-29(27,28)18-10-15(23)9-17-16-7-4-13(8-19(25)26)20(16)24(21(17)18)11-12-2-5-14(22)6-3-12/h2-3,5-6,9-10,13H,4,7-8,11H2,1H3,(H,25,26)/t13-/m1/s1/i11D2. The van der Waals surface area contributed by atoms with E-state index in [9.17, 15) is 22.7 Å². The van der Waals surface area contributed by atoms with Crippen molar-refractivity contribution in [2.45, 2.75) is 36.6 Å². The molecule has 29 heavy (non-hydrogen) atoms. The third-order valence-corrected chi connectivity index (χ3v) is 6.54. The molecule has 1 atom stereocenters. The Morgan fingerprint density at radius 2 is 2.03 bits per heavy atom. The lowest BCUT2D eigenvalue weighted by Gasteiger charge is -2.17. The normalized spacial score (nSPS) is 17.8. The van der Waals surface area contributed by atoms with Crippen LogP contribution < -0.4 is 0 Å². The van der Waals surface area contributed by atoms with Gasteiger partial charge in [0.25, 0.3) is 0 Å². The van der Waals surface area contributed by atoms with E-state index in [0.717, 1.165) is 12.3 Å². The molecule has 0 spiro atoms. The molecule has 0 radical (unpaired) electrons. The molecule has 1 aliphatic carbocycles. The van der Waals surface area contributed by atoms with Crippen LogP contribution in [-0.4, -0.2) is 30.3 Å². The van der Waals surface area contributed by atoms with Gasteiger partial charge in [-0.1, -0.05) is 23.7 Å². The molecule has 1 aromatic heterocycles. The van der Waals surface area contributed by atoms with Gasteiger partial charge in [-0.25, -0.2) is 12.8 Å². The van der Waals surface area contributed by atoms with Gasteiger partial charge in [0.1, 0.15) is 5.82 Å². The lowest BCUT2D eigenvalue weighted by atomic mass is 10.0. The van der Waals surface area contributed by atoms with Gasteiger partial charge >= 0.3 is 5.97 Å². The van der Waals surface area contributed by atoms with E-state index >= 15 is 0 Å². The van der Waals surface area contributed by atoms with Gasteiger partial charge in [-0.3, -0.25) is 4.79 Å². The zero-order valence-corrected chi connectivity index (χ0v) is 17.0. The van der Waals surface area contributed by atoms with Crippen LogP contribution >= 0.6 is 11.6 Å². The van der Waals surface area contributed by atoms with Gasteiger partial charge in [0.15, 0.2) is 9.84 Å². The molecule has 0 unspecified atom stereocenters. The molecular weight excluding hydrogens is 417 g/mol. The Labute approximate surface area is 175 Å². The van der Waals surface area contributed by atoms with Crippen molar-refractivity contribution in [2.75, 3.05) is 6.26 Å². The number of aliphatic carboxylic acids is 1. The summed E-state index contributed by atoms with van der Waals surface area (Å²) >= 11 is 5.94. The molecule has 0 amide bonds. The Bertz CT molecular complexity index is 1320. The molecule has 5 nitrogen and oxygen atoms in total. The highest BCUT2D eigenvalue weighted by Gasteiger charge is 2.33. The van der Waals surface area contributed by atoms with Crippen molar-refractivity contribution >= 4 is 38.3 Å². The van der Waals surface area contributed by atoms with E-state index in [4.69, 9.17) is 14.3 Å². The smallest absolute Gasteiger partial charge is 0.304 e. The number of hydrogen-bond donors (Lipinski definition) is 1. The number of carbonyl (C=O) groups is 1. The Morgan fingerprint density at radius 1 is 1.34 bits per heavy atom. The van der Waals surface area contributed by atoms with Gasteiger partial charge in [-0.2, -0.15) is 0 Å². The lowest BCUT2D eigenvalue weighted by molar-refractivity contribution is -0.137. The predicted octanol–water partition coefficient (Wildman–Crippen LogP) is 4.39. The number of fused-ring (bicyclic) bond motifs is 3. The second kappa shape index (κ2) is 7.15. The molecule has 0 aliphatic heterocycles. The predicted molar refractivity (Wildman–Crippen MR) is 109 cm³/mol. The number of sulfone groups is 1. The van der Waals surface area contributed by atoms with Crippen LogP contribution in [0.1, 0.15) is 38.3 Å². The molecule has 152 valence electrons. The van der Waals surface area contributed by atoms with Gasteiger partial charge in [-0.05, 0) is 48.2 Å². The SMILES string of the molecule is [2H]C([2H])(c1ccc(Cl)cc1)n1c2c(c3cc(F)cc(S(C)(=O)=O)c31)CC[C@@H]2CC(=O)O. The summed E-state index contributed by atoms with van der Waals surface area (Å²) in [5, 5.41) is 10.1. The Balaban J connectivity index is 2.14. The lowest BCUT2D eigenvalue weighted by Crippen LogP contribution is -2.12. The van der Waals surface area contributed by atoms with Crippen molar-refractivity contribution in [1.82, 2.24) is 4.57 Å². The third kappa shape index (κ3) is 3.65. The number of halogens is 2. The maximum atomic E-state index is 14.4. The van der Waals surface area contributed by atoms with Gasteiger partial charge in [0, 0.05) is 34.8 Å². The van der Waals surface area contributed by atoms with Gasteiger partial charge < -0.3 is 9.67 Å². The van der Waals surface area contributed by atoms with Crippen molar-refractivity contribution in [3.8, 4) is 0 Å². The number of carboxylic acids is 1. The first-order valence-corrected chi connectivity index (χ1v) is 11.2. The average Bonchev–Trinajstić information content (AvgIpc) is 3.19. The summed E-state index contributed by atoms with van der Waals surface area (Å²) in [5.74, 6) is -2.32. The minimum Gasteiger partial charge on any atom is -0.481 e. The van der Waals surface area contributed by atoms with Crippen LogP contribution in [0.5, 0.6) is 0 Å². The number of benzene rings is 2. The van der Waals surface area contributed by atoms with Crippen LogP contribution in [0, 0.1) is 5.82 Å². The number of nitrogens with zero attached hydrogens (tertiary/aromatic N) is 1. The molecule has 0 saturated heterocycles. The topological polar surface area (TPSA) is 76.4 Å². The number of hydrogen-bond acceptors (Lipinski definition) is 3. The first-order valence-electron chi connectivity index (χ1n) is 9.96. The van der Waals surface area contributed by atoms with Crippen LogP contribution in [0.25, 0.3) is 10.9 Å². The van der Waals surface area contributed by atoms with Gasteiger partial charge in [0.05, 0.1) is 19.6 Å². The van der Waals surface area contributed by atoms with E-state index in [1.807, 2.05) is 0 Å². The second-order valence-corrected chi connectivity index (χ2v) is 9.64. The molecule has 1 aliphatic rings. The van der Waals surface area contributed by atoms with Crippen LogP contribution in [0.15, 0.2) is 41.3 Å². The van der Waals surface area contributed by atoms with Gasteiger partial charge in [-0.15, -0.1) is 0 Å². The average molecular weight is 438 g/mol. The summed E-state index contributed by atoms with van der Waals surface area (Å²) in [6.07, 6.45) is 1.56. The first-order chi connectivity index (χ1) is 14.4. The number of carboxylic acid groups (broad SMARTS) is 1. The molecule has 0 fully saturated rings. The summed E-state index contributed by atoms with van der Waals surface area (Å²) in [6, 6.07) is 8.10. The molecule has 0 bridgehead atoms. The van der Waals surface area contributed by atoms with E-state index in [1.165, 1.54) is 34.9 Å². The van der Waals surface area contributed by atoms with E-state index < -0.39 is 34.0 Å². The van der Waals surface area contributed by atoms with Crippen LogP contribution in [0.3, 0.4) is 0 Å². The number of aryl methyl sites for hydroxylation is 1. The fraction of sp³-hybridized carbons (Fsp3) is 0.286. The first kappa shape index (κ1) is 17.5. The molecule has 8 heteroatoms. The highest BCUT2D eigenvalue weighted by atomic mass is 35.5. The van der Waals surface area contributed by atoms with Crippen LogP contribution in [0.2, 0.25) is 5.02 Å². The van der Waals surface area contributed by atoms with E-state index in [0.29, 0.717) is 34.5 Å². The third-order valence-electron chi connectivity index (χ3n) is 5.17. The second-order valence-electron chi connectivity index (χ2n) is 7.22. The zero-order chi connectivity index (χ0) is 22.7. The van der Waals surface area contributed by atoms with Gasteiger partial charge in [0.2, 0.25) is 0 Å². The summed E-state index contributed by atoms with van der Waals surface area (Å²) in [7, 11) is -3.92. The minimum absolute atomic E-state index is 0.0453. The van der Waals surface area contributed by atoms with E-state index in [1.54, 1.807) is 0 Å². The molecule has 1 heterocycles. The maximum Gasteiger partial charge on any atom is 0.304 e. The largest absolute Gasteiger partial charge is 0.481 e. The molecule has 4 rings (SSSR count). The maximum absolute atomic E-state index is 14.4. The summed E-state index contributed by atoms with van der Waals surface area (Å²) < 4.78 is 58.6. The van der Waals surface area contributed by atoms with Crippen molar-refractivity contribution in [3.63, 3.8) is 0 Å². The summed E-state index contributed by atoms with van der Waals surface area (Å²) in [5.41, 5.74) is 1.24. The van der Waals surface area contributed by atoms with E-state index in [-0.39, 0.29) is 22.4 Å². The van der Waals surface area contributed by atoms with Crippen molar-refractivity contribution in [2.24, 2.45) is 0 Å². The molecule has 1 N–H and O–H groups in total. The molecule has 2 aromatic carbocycles. The number of aromatic nitrogens is 1. The van der Waals surface area contributed by atoms with Crippen molar-refractivity contribution in [3.05, 3.63) is 64.1 Å². The quantitative estimate of drug-likeness (QED) is 0.642. The summed E-state index contributed by atoms with van der Waals surface area (Å²) in [4.78, 5) is 11.1. The fourth-order valence-electron chi connectivity index (χ4n) is 4.04. The number of rotatable bonds is 5. The van der Waals surface area contributed by atoms with Crippen LogP contribution in [0.4, 0.5) is 4.39 Å². The minimum atomic E-state index is -3.92. The van der Waals surface area contributed by atoms with Crippen molar-refractivity contribution < 1.29 is 25.5 Å². The monoisotopic (exact) mass is 437 g/mol. The summed E-state index contributed by atoms with van der Waals surface area (Å²) in [6.45, 7) is -2.24. The fourth-order valence-corrected chi connectivity index (χ4v) is 5.04. The highest BCUT2D eigenvalue weighted by Crippen LogP contribution is 2.44.